The number of furan rings is 1. The van der Waals surface area contributed by atoms with E-state index in [1.165, 1.54) is 0 Å². The van der Waals surface area contributed by atoms with Crippen molar-refractivity contribution >= 4 is 23.6 Å². The Labute approximate surface area is 101 Å². The van der Waals surface area contributed by atoms with Crippen molar-refractivity contribution in [3.8, 4) is 0 Å². The second kappa shape index (κ2) is 4.20. The van der Waals surface area contributed by atoms with Crippen LogP contribution in [0.5, 0.6) is 0 Å². The largest absolute Gasteiger partial charge is 0.494 e. The van der Waals surface area contributed by atoms with Crippen molar-refractivity contribution in [3.63, 3.8) is 0 Å². The third-order valence-corrected chi connectivity index (χ3v) is 3.27. The molecule has 0 saturated carbocycles. The van der Waals surface area contributed by atoms with Gasteiger partial charge in [-0.3, -0.25) is 0 Å². The first-order valence-electron chi connectivity index (χ1n) is 6.02. The number of benzene rings is 1. The maximum Gasteiger partial charge on any atom is 0.494 e. The summed E-state index contributed by atoms with van der Waals surface area (Å²) in [5.74, 6) is 0. The molecule has 3 nitrogen and oxygen atoms in total. The van der Waals surface area contributed by atoms with Crippen molar-refractivity contribution in [3.05, 3.63) is 30.0 Å². The van der Waals surface area contributed by atoms with Gasteiger partial charge in [0.2, 0.25) is 0 Å². The predicted octanol–water partition coefficient (Wildman–Crippen LogP) is 2.26. The molecule has 4 heteroatoms. The van der Waals surface area contributed by atoms with E-state index >= 15 is 0 Å². The molecule has 1 aliphatic rings. The number of aryl methyl sites for hydroxylation is 1. The highest BCUT2D eigenvalue weighted by Crippen LogP contribution is 2.20. The molecule has 0 aliphatic carbocycles. The first-order valence-corrected chi connectivity index (χ1v) is 6.02. The number of fused-ring (bicyclic) bond motifs is 1. The summed E-state index contributed by atoms with van der Waals surface area (Å²) in [6.45, 7) is 4.84. The van der Waals surface area contributed by atoms with Crippen molar-refractivity contribution < 1.29 is 13.7 Å². The van der Waals surface area contributed by atoms with Gasteiger partial charge in [-0.05, 0) is 30.4 Å². The zero-order valence-corrected chi connectivity index (χ0v) is 10.1. The topological polar surface area (TPSA) is 31.6 Å². The van der Waals surface area contributed by atoms with Crippen molar-refractivity contribution in [2.75, 3.05) is 6.61 Å². The lowest BCUT2D eigenvalue weighted by atomic mass is 9.79. The van der Waals surface area contributed by atoms with Crippen molar-refractivity contribution in [2.45, 2.75) is 26.4 Å². The summed E-state index contributed by atoms with van der Waals surface area (Å²) < 4.78 is 16.9. The van der Waals surface area contributed by atoms with E-state index in [9.17, 15) is 0 Å². The van der Waals surface area contributed by atoms with Gasteiger partial charge < -0.3 is 13.7 Å². The smallest absolute Gasteiger partial charge is 0.464 e. The molecule has 1 atom stereocenters. The minimum absolute atomic E-state index is 0.223. The number of rotatable bonds is 2. The zero-order chi connectivity index (χ0) is 11.8. The molecule has 17 heavy (non-hydrogen) atoms. The summed E-state index contributed by atoms with van der Waals surface area (Å²) >= 11 is 0. The Balaban J connectivity index is 1.93. The second-order valence-corrected chi connectivity index (χ2v) is 4.51. The van der Waals surface area contributed by atoms with E-state index in [1.807, 2.05) is 19.1 Å². The molecule has 1 aromatic carbocycles. The van der Waals surface area contributed by atoms with Crippen LogP contribution >= 0.6 is 0 Å². The van der Waals surface area contributed by atoms with Gasteiger partial charge in [0, 0.05) is 5.39 Å². The minimum Gasteiger partial charge on any atom is -0.464 e. The van der Waals surface area contributed by atoms with Gasteiger partial charge in [-0.15, -0.1) is 0 Å². The summed E-state index contributed by atoms with van der Waals surface area (Å²) in [6.07, 6.45) is 2.99. The molecular formula is C13H15BO3. The molecule has 1 saturated heterocycles. The molecule has 1 aliphatic heterocycles. The fraction of sp³-hybridized carbons (Fsp3) is 0.385. The van der Waals surface area contributed by atoms with Gasteiger partial charge in [-0.1, -0.05) is 19.1 Å². The fourth-order valence-electron chi connectivity index (χ4n) is 2.16. The second-order valence-electron chi connectivity index (χ2n) is 4.51. The van der Waals surface area contributed by atoms with E-state index in [0.717, 1.165) is 28.4 Å². The van der Waals surface area contributed by atoms with Gasteiger partial charge in [0.1, 0.15) is 5.58 Å². The SMILES string of the molecule is CCC1COB(c2ccc3occ(C)c3c2)O1. The van der Waals surface area contributed by atoms with E-state index in [-0.39, 0.29) is 13.2 Å². The lowest BCUT2D eigenvalue weighted by Gasteiger charge is -2.06. The molecule has 2 heterocycles. The first kappa shape index (κ1) is 10.9. The Morgan fingerprint density at radius 3 is 3.06 bits per heavy atom. The predicted molar refractivity (Wildman–Crippen MR) is 67.5 cm³/mol. The van der Waals surface area contributed by atoms with Crippen LogP contribution < -0.4 is 5.46 Å². The van der Waals surface area contributed by atoms with Gasteiger partial charge in [0.05, 0.1) is 19.0 Å². The van der Waals surface area contributed by atoms with Crippen LogP contribution in [0, 0.1) is 6.92 Å². The molecular weight excluding hydrogens is 215 g/mol. The third-order valence-electron chi connectivity index (χ3n) is 3.27. The maximum atomic E-state index is 5.81. The standard InChI is InChI=1S/C13H15BO3/c1-3-11-8-16-14(17-11)10-4-5-13-12(6-10)9(2)7-15-13/h4-7,11H,3,8H2,1-2H3. The van der Waals surface area contributed by atoms with Crippen molar-refractivity contribution in [1.29, 1.82) is 0 Å². The third kappa shape index (κ3) is 1.87. The molecule has 1 unspecified atom stereocenters. The molecule has 0 bridgehead atoms. The molecule has 2 aromatic rings. The monoisotopic (exact) mass is 230 g/mol. The summed E-state index contributed by atoms with van der Waals surface area (Å²) in [7, 11) is -0.223. The fourth-order valence-corrected chi connectivity index (χ4v) is 2.16. The van der Waals surface area contributed by atoms with Crippen LogP contribution in [0.2, 0.25) is 0 Å². The minimum atomic E-state index is -0.223. The van der Waals surface area contributed by atoms with Gasteiger partial charge in [-0.25, -0.2) is 0 Å². The van der Waals surface area contributed by atoms with Crippen LogP contribution in [0.25, 0.3) is 11.0 Å². The highest BCUT2D eigenvalue weighted by Gasteiger charge is 2.32. The normalized spacial score (nSPS) is 20.4. The molecule has 88 valence electrons. The van der Waals surface area contributed by atoms with Crippen molar-refractivity contribution in [1.82, 2.24) is 0 Å². The summed E-state index contributed by atoms with van der Waals surface area (Å²) in [6, 6.07) is 6.08. The molecule has 0 N–H and O–H groups in total. The van der Waals surface area contributed by atoms with Crippen LogP contribution in [0.3, 0.4) is 0 Å². The zero-order valence-electron chi connectivity index (χ0n) is 10.1. The molecule has 0 amide bonds. The van der Waals surface area contributed by atoms with Gasteiger partial charge in [0.15, 0.2) is 0 Å². The van der Waals surface area contributed by atoms with Crippen LogP contribution in [-0.4, -0.2) is 19.8 Å². The van der Waals surface area contributed by atoms with Gasteiger partial charge in [-0.2, -0.15) is 0 Å². The van der Waals surface area contributed by atoms with Crippen LogP contribution in [0.1, 0.15) is 18.9 Å². The van der Waals surface area contributed by atoms with E-state index < -0.39 is 0 Å². The molecule has 0 radical (unpaired) electrons. The highest BCUT2D eigenvalue weighted by atomic mass is 16.6. The average Bonchev–Trinajstić information content (AvgIpc) is 2.96. The van der Waals surface area contributed by atoms with Crippen molar-refractivity contribution in [2.24, 2.45) is 0 Å². The quantitative estimate of drug-likeness (QED) is 0.741. The summed E-state index contributed by atoms with van der Waals surface area (Å²) in [5.41, 5.74) is 3.13. The number of hydrogen-bond donors (Lipinski definition) is 0. The highest BCUT2D eigenvalue weighted by molar-refractivity contribution is 6.62. The Hall–Kier alpha value is -1.26. The van der Waals surface area contributed by atoms with Gasteiger partial charge >= 0.3 is 7.12 Å². The first-order chi connectivity index (χ1) is 8.28. The van der Waals surface area contributed by atoms with E-state index in [0.29, 0.717) is 6.61 Å². The van der Waals surface area contributed by atoms with Crippen LogP contribution in [0.15, 0.2) is 28.9 Å². The molecule has 1 aromatic heterocycles. The van der Waals surface area contributed by atoms with Crippen LogP contribution in [0.4, 0.5) is 0 Å². The molecule has 1 fully saturated rings. The van der Waals surface area contributed by atoms with Gasteiger partial charge in [0.25, 0.3) is 0 Å². The Kier molecular flexibility index (Phi) is 2.69. The number of hydrogen-bond acceptors (Lipinski definition) is 3. The summed E-state index contributed by atoms with van der Waals surface area (Å²) in [4.78, 5) is 0. The molecule has 3 rings (SSSR count). The lowest BCUT2D eigenvalue weighted by molar-refractivity contribution is 0.230. The van der Waals surface area contributed by atoms with E-state index in [4.69, 9.17) is 13.7 Å². The molecule has 0 spiro atoms. The average molecular weight is 230 g/mol. The van der Waals surface area contributed by atoms with Crippen LogP contribution in [-0.2, 0) is 9.31 Å². The van der Waals surface area contributed by atoms with E-state index in [2.05, 4.69) is 13.0 Å². The lowest BCUT2D eigenvalue weighted by Crippen LogP contribution is -2.32. The summed E-state index contributed by atoms with van der Waals surface area (Å²) in [5, 5.41) is 1.13. The van der Waals surface area contributed by atoms with E-state index in [1.54, 1.807) is 6.26 Å². The Morgan fingerprint density at radius 1 is 1.41 bits per heavy atom. The Morgan fingerprint density at radius 2 is 2.29 bits per heavy atom. The maximum absolute atomic E-state index is 5.81. The Bertz CT molecular complexity index is 534.